The van der Waals surface area contributed by atoms with E-state index in [1.807, 2.05) is 6.92 Å². The Kier molecular flexibility index (Phi) is 6.49. The van der Waals surface area contributed by atoms with Crippen molar-refractivity contribution in [3.05, 3.63) is 74.6 Å². The maximum atomic E-state index is 13.2. The molecule has 2 aromatic heterocycles. The number of esters is 1. The van der Waals surface area contributed by atoms with Crippen LogP contribution in [0.4, 0.5) is 13.2 Å². The molecule has 0 aliphatic rings. The van der Waals surface area contributed by atoms with Gasteiger partial charge in [-0.1, -0.05) is 6.07 Å². The molecule has 194 valence electrons. The Morgan fingerprint density at radius 2 is 1.76 bits per heavy atom. The lowest BCUT2D eigenvalue weighted by Gasteiger charge is -2.24. The van der Waals surface area contributed by atoms with Gasteiger partial charge in [0, 0.05) is 24.1 Å². The van der Waals surface area contributed by atoms with Gasteiger partial charge in [-0.3, -0.25) is 9.36 Å². The zero-order valence-electron chi connectivity index (χ0n) is 20.5. The second-order valence-corrected chi connectivity index (χ2v) is 9.64. The van der Waals surface area contributed by atoms with Crippen LogP contribution in [-0.2, 0) is 22.8 Å². The van der Waals surface area contributed by atoms with Gasteiger partial charge < -0.3 is 9.47 Å². The summed E-state index contributed by atoms with van der Waals surface area (Å²) in [6, 6.07) is 10.3. The number of hydrogen-bond acceptors (Lipinski definition) is 7. The van der Waals surface area contributed by atoms with E-state index in [2.05, 4.69) is 4.37 Å². The predicted molar refractivity (Wildman–Crippen MR) is 132 cm³/mol. The Bertz CT molecular complexity index is 1650. The molecule has 2 aromatic carbocycles. The Labute approximate surface area is 212 Å². The van der Waals surface area contributed by atoms with Crippen LogP contribution in [-0.4, -0.2) is 32.2 Å². The number of nitrogens with zero attached hydrogens (tertiary/aromatic N) is 3. The standard InChI is InChI=1S/C25H22F3N3O5S/c1-13-6-8-15(36-24(2,3)22(33)35-5)11-16(13)21-17-10-14(7-9-18(17)37-29-21)31-20(32)12-19(25(26,27)28)30(4)23(31)34/h6-12H,1-5H3. The summed E-state index contributed by atoms with van der Waals surface area (Å²) < 4.78 is 56.7. The van der Waals surface area contributed by atoms with Gasteiger partial charge in [0.15, 0.2) is 5.60 Å². The predicted octanol–water partition coefficient (Wildman–Crippen LogP) is 4.47. The van der Waals surface area contributed by atoms with Crippen LogP contribution >= 0.6 is 11.5 Å². The van der Waals surface area contributed by atoms with Crippen molar-refractivity contribution in [2.75, 3.05) is 7.11 Å². The van der Waals surface area contributed by atoms with Crippen molar-refractivity contribution in [2.24, 2.45) is 7.05 Å². The fourth-order valence-electron chi connectivity index (χ4n) is 3.90. The van der Waals surface area contributed by atoms with E-state index in [0.29, 0.717) is 37.6 Å². The van der Waals surface area contributed by atoms with Gasteiger partial charge in [0.2, 0.25) is 0 Å². The lowest BCUT2D eigenvalue weighted by atomic mass is 10.0. The molecule has 0 aliphatic heterocycles. The first-order valence-electron chi connectivity index (χ1n) is 10.9. The van der Waals surface area contributed by atoms with Crippen LogP contribution in [0, 0.1) is 6.92 Å². The van der Waals surface area contributed by atoms with Crippen molar-refractivity contribution in [1.82, 2.24) is 13.5 Å². The summed E-state index contributed by atoms with van der Waals surface area (Å²) in [4.78, 5) is 37.4. The smallest absolute Gasteiger partial charge is 0.431 e. The molecule has 0 aliphatic carbocycles. The molecule has 37 heavy (non-hydrogen) atoms. The first kappa shape index (κ1) is 26.1. The summed E-state index contributed by atoms with van der Waals surface area (Å²) >= 11 is 1.18. The van der Waals surface area contributed by atoms with Crippen LogP contribution in [0.3, 0.4) is 0 Å². The molecule has 0 N–H and O–H groups in total. The average molecular weight is 534 g/mol. The van der Waals surface area contributed by atoms with Crippen molar-refractivity contribution in [3.63, 3.8) is 0 Å². The number of aromatic nitrogens is 3. The van der Waals surface area contributed by atoms with Gasteiger partial charge in [0.25, 0.3) is 5.56 Å². The minimum Gasteiger partial charge on any atom is -0.476 e. The number of methoxy groups -OCH3 is 1. The summed E-state index contributed by atoms with van der Waals surface area (Å²) in [6.45, 7) is 5.01. The number of halogens is 3. The number of aryl methyl sites for hydroxylation is 1. The molecule has 0 fully saturated rings. The molecule has 4 aromatic rings. The molecule has 4 rings (SSSR count). The van der Waals surface area contributed by atoms with Gasteiger partial charge in [-0.2, -0.15) is 17.5 Å². The topological polar surface area (TPSA) is 92.4 Å². The molecule has 0 amide bonds. The molecular formula is C25H22F3N3O5S. The van der Waals surface area contributed by atoms with Crippen LogP contribution in [0.25, 0.3) is 27.0 Å². The van der Waals surface area contributed by atoms with Crippen molar-refractivity contribution < 1.29 is 27.4 Å². The molecule has 0 spiro atoms. The largest absolute Gasteiger partial charge is 0.476 e. The van der Waals surface area contributed by atoms with Crippen LogP contribution in [0.2, 0.25) is 0 Å². The molecule has 12 heteroatoms. The summed E-state index contributed by atoms with van der Waals surface area (Å²) in [6.07, 6.45) is -4.85. The third-order valence-electron chi connectivity index (χ3n) is 5.84. The Morgan fingerprint density at radius 3 is 2.41 bits per heavy atom. The molecular weight excluding hydrogens is 511 g/mol. The van der Waals surface area contributed by atoms with Crippen molar-refractivity contribution in [2.45, 2.75) is 32.5 Å². The first-order valence-corrected chi connectivity index (χ1v) is 11.7. The van der Waals surface area contributed by atoms with Gasteiger partial charge >= 0.3 is 17.8 Å². The van der Waals surface area contributed by atoms with Gasteiger partial charge in [-0.05, 0) is 68.2 Å². The highest BCUT2D eigenvalue weighted by atomic mass is 32.1. The Morgan fingerprint density at radius 1 is 1.05 bits per heavy atom. The average Bonchev–Trinajstić information content (AvgIpc) is 3.24. The zero-order valence-corrected chi connectivity index (χ0v) is 21.3. The highest BCUT2D eigenvalue weighted by molar-refractivity contribution is 7.13. The first-order chi connectivity index (χ1) is 17.2. The summed E-state index contributed by atoms with van der Waals surface area (Å²) in [7, 11) is 2.23. The highest BCUT2D eigenvalue weighted by Crippen LogP contribution is 2.36. The zero-order chi connectivity index (χ0) is 27.3. The summed E-state index contributed by atoms with van der Waals surface area (Å²) in [5.41, 5.74) is -2.67. The quantitative estimate of drug-likeness (QED) is 0.352. The molecule has 0 radical (unpaired) electrons. The number of rotatable bonds is 5. The van der Waals surface area contributed by atoms with Crippen LogP contribution in [0.15, 0.2) is 52.1 Å². The maximum absolute atomic E-state index is 13.2. The van der Waals surface area contributed by atoms with E-state index in [-0.39, 0.29) is 5.69 Å². The van der Waals surface area contributed by atoms with Crippen molar-refractivity contribution in [1.29, 1.82) is 0 Å². The fourth-order valence-corrected chi connectivity index (χ4v) is 4.67. The SMILES string of the molecule is COC(=O)C(C)(C)Oc1ccc(C)c(-c2nsc3ccc(-n4c(=O)cc(C(F)(F)F)n(C)c4=O)cc23)c1. The van der Waals surface area contributed by atoms with Gasteiger partial charge in [0.05, 0.1) is 23.2 Å². The normalized spacial score (nSPS) is 12.1. The molecule has 0 atom stereocenters. The lowest BCUT2D eigenvalue weighted by Crippen LogP contribution is -2.40. The summed E-state index contributed by atoms with van der Waals surface area (Å²) in [5.74, 6) is -0.164. The number of benzene rings is 2. The second-order valence-electron chi connectivity index (χ2n) is 8.83. The molecule has 0 saturated heterocycles. The Hall–Kier alpha value is -3.93. The van der Waals surface area contributed by atoms with Crippen LogP contribution in [0.1, 0.15) is 25.1 Å². The third-order valence-corrected chi connectivity index (χ3v) is 6.66. The minimum absolute atomic E-state index is 0.102. The second kappa shape index (κ2) is 9.18. The maximum Gasteiger partial charge on any atom is 0.431 e. The van der Waals surface area contributed by atoms with Crippen molar-refractivity contribution in [3.8, 4) is 22.7 Å². The van der Waals surface area contributed by atoms with E-state index in [9.17, 15) is 27.6 Å². The van der Waals surface area contributed by atoms with Crippen molar-refractivity contribution >= 4 is 27.6 Å². The van der Waals surface area contributed by atoms with E-state index in [1.54, 1.807) is 38.1 Å². The number of hydrogen-bond donors (Lipinski definition) is 0. The lowest BCUT2D eigenvalue weighted by molar-refractivity contribution is -0.156. The highest BCUT2D eigenvalue weighted by Gasteiger charge is 2.35. The summed E-state index contributed by atoms with van der Waals surface area (Å²) in [5, 5.41) is 0.587. The van der Waals surface area contributed by atoms with E-state index >= 15 is 0 Å². The van der Waals surface area contributed by atoms with Gasteiger partial charge in [-0.25, -0.2) is 14.2 Å². The van der Waals surface area contributed by atoms with E-state index < -0.39 is 34.7 Å². The number of alkyl halides is 3. The molecule has 0 saturated carbocycles. The monoisotopic (exact) mass is 533 g/mol. The van der Waals surface area contributed by atoms with Gasteiger partial charge in [0.1, 0.15) is 11.4 Å². The Balaban J connectivity index is 1.85. The van der Waals surface area contributed by atoms with E-state index in [4.69, 9.17) is 9.47 Å². The third kappa shape index (κ3) is 4.76. The number of fused-ring (bicyclic) bond motifs is 1. The molecule has 8 nitrogen and oxygen atoms in total. The van der Waals surface area contributed by atoms with Gasteiger partial charge in [-0.15, -0.1) is 0 Å². The van der Waals surface area contributed by atoms with E-state index in [0.717, 1.165) is 17.3 Å². The number of carbonyl (C=O) groups excluding carboxylic acids is 1. The van der Waals surface area contributed by atoms with E-state index in [1.165, 1.54) is 30.8 Å². The molecule has 0 unspecified atom stereocenters. The number of ether oxygens (including phenoxy) is 2. The van der Waals surface area contributed by atoms with Crippen LogP contribution in [0.5, 0.6) is 5.75 Å². The molecule has 0 bridgehead atoms. The fraction of sp³-hybridized carbons (Fsp3) is 0.280. The minimum atomic E-state index is -4.85. The molecule has 2 heterocycles. The number of carbonyl (C=O) groups is 1. The van der Waals surface area contributed by atoms with Crippen LogP contribution < -0.4 is 16.0 Å².